The summed E-state index contributed by atoms with van der Waals surface area (Å²) in [5.41, 5.74) is 9.01. The third-order valence-electron chi connectivity index (χ3n) is 2.88. The van der Waals surface area contributed by atoms with Crippen molar-refractivity contribution in [2.45, 2.75) is 13.3 Å². The molecule has 1 heterocycles. The summed E-state index contributed by atoms with van der Waals surface area (Å²) < 4.78 is 0. The van der Waals surface area contributed by atoms with Crippen LogP contribution in [0.5, 0.6) is 0 Å². The van der Waals surface area contributed by atoms with Crippen LogP contribution in [0.25, 0.3) is 0 Å². The van der Waals surface area contributed by atoms with Crippen LogP contribution < -0.4 is 11.1 Å². The lowest BCUT2D eigenvalue weighted by Gasteiger charge is -2.07. The number of benzene rings is 1. The van der Waals surface area contributed by atoms with Gasteiger partial charge >= 0.3 is 0 Å². The van der Waals surface area contributed by atoms with Crippen molar-refractivity contribution in [1.82, 2.24) is 10.3 Å². The van der Waals surface area contributed by atoms with E-state index >= 15 is 0 Å². The molecule has 19 heavy (non-hydrogen) atoms. The maximum atomic E-state index is 11.9. The van der Waals surface area contributed by atoms with Gasteiger partial charge in [-0.1, -0.05) is 29.8 Å². The summed E-state index contributed by atoms with van der Waals surface area (Å²) in [5.74, 6) is -0.160. The second-order valence-corrected chi connectivity index (χ2v) is 4.46. The minimum absolute atomic E-state index is 0.160. The first-order valence-electron chi connectivity index (χ1n) is 6.20. The molecule has 0 aliphatic rings. The van der Waals surface area contributed by atoms with Crippen LogP contribution in [0.1, 0.15) is 21.5 Å². The summed E-state index contributed by atoms with van der Waals surface area (Å²) in [6.07, 6.45) is 3.85. The van der Waals surface area contributed by atoms with Gasteiger partial charge in [0.25, 0.3) is 5.91 Å². The van der Waals surface area contributed by atoms with Gasteiger partial charge in [-0.25, -0.2) is 0 Å². The van der Waals surface area contributed by atoms with Crippen LogP contribution in [-0.2, 0) is 6.42 Å². The quantitative estimate of drug-likeness (QED) is 0.877. The van der Waals surface area contributed by atoms with Gasteiger partial charge in [0, 0.05) is 12.7 Å². The van der Waals surface area contributed by atoms with E-state index in [-0.39, 0.29) is 5.91 Å². The average Bonchev–Trinajstić information content (AvgIpc) is 2.39. The molecule has 1 amide bonds. The monoisotopic (exact) mass is 255 g/mol. The zero-order valence-electron chi connectivity index (χ0n) is 10.9. The number of hydrogen-bond donors (Lipinski definition) is 2. The predicted molar refractivity (Wildman–Crippen MR) is 75.9 cm³/mol. The summed E-state index contributed by atoms with van der Waals surface area (Å²) in [6.45, 7) is 2.64. The number of pyridine rings is 1. The molecule has 2 rings (SSSR count). The number of nitrogens with one attached hydrogen (secondary N) is 1. The van der Waals surface area contributed by atoms with Gasteiger partial charge in [0.15, 0.2) is 0 Å². The molecule has 0 aliphatic carbocycles. The Balaban J connectivity index is 1.90. The zero-order valence-corrected chi connectivity index (χ0v) is 10.9. The molecule has 2 aromatic rings. The van der Waals surface area contributed by atoms with Crippen LogP contribution >= 0.6 is 0 Å². The summed E-state index contributed by atoms with van der Waals surface area (Å²) in [5, 5.41) is 2.86. The fraction of sp³-hybridized carbons (Fsp3) is 0.200. The van der Waals surface area contributed by atoms with Crippen LogP contribution in [0.15, 0.2) is 42.7 Å². The first-order valence-corrected chi connectivity index (χ1v) is 6.20. The average molecular weight is 255 g/mol. The molecule has 0 unspecified atom stereocenters. The molecule has 0 aliphatic heterocycles. The summed E-state index contributed by atoms with van der Waals surface area (Å²) >= 11 is 0. The van der Waals surface area contributed by atoms with Crippen LogP contribution in [0, 0.1) is 6.92 Å². The first-order chi connectivity index (χ1) is 9.16. The van der Waals surface area contributed by atoms with E-state index in [9.17, 15) is 4.79 Å². The molecule has 0 fully saturated rings. The minimum atomic E-state index is -0.160. The molecule has 0 saturated heterocycles. The van der Waals surface area contributed by atoms with Gasteiger partial charge in [0.2, 0.25) is 0 Å². The molecule has 3 N–H and O–H groups in total. The molecule has 98 valence electrons. The lowest BCUT2D eigenvalue weighted by molar-refractivity contribution is 0.0955. The Morgan fingerprint density at radius 2 is 2.21 bits per heavy atom. The van der Waals surface area contributed by atoms with Crippen molar-refractivity contribution in [3.63, 3.8) is 0 Å². The number of nitrogen functional groups attached to an aromatic ring is 1. The Morgan fingerprint density at radius 1 is 1.37 bits per heavy atom. The zero-order chi connectivity index (χ0) is 13.7. The normalized spacial score (nSPS) is 10.2. The Hall–Kier alpha value is -2.36. The number of amides is 1. The van der Waals surface area contributed by atoms with Gasteiger partial charge in [-0.3, -0.25) is 9.78 Å². The highest BCUT2D eigenvalue weighted by molar-refractivity contribution is 5.98. The Labute approximate surface area is 112 Å². The minimum Gasteiger partial charge on any atom is -0.397 e. The fourth-order valence-corrected chi connectivity index (χ4v) is 1.90. The molecular weight excluding hydrogens is 238 g/mol. The number of anilines is 1. The van der Waals surface area contributed by atoms with E-state index in [1.54, 1.807) is 12.3 Å². The molecule has 0 spiro atoms. The van der Waals surface area contributed by atoms with Crippen molar-refractivity contribution in [2.24, 2.45) is 0 Å². The molecule has 1 aromatic carbocycles. The predicted octanol–water partition coefficient (Wildman–Crippen LogP) is 1.94. The van der Waals surface area contributed by atoms with Crippen LogP contribution in [0.3, 0.4) is 0 Å². The number of aryl methyl sites for hydroxylation is 1. The van der Waals surface area contributed by atoms with E-state index < -0.39 is 0 Å². The second kappa shape index (κ2) is 6.00. The van der Waals surface area contributed by atoms with Gasteiger partial charge in [-0.2, -0.15) is 0 Å². The number of carbonyl (C=O) groups excluding carboxylic acids is 1. The highest BCUT2D eigenvalue weighted by Crippen LogP contribution is 2.08. The summed E-state index contributed by atoms with van der Waals surface area (Å²) in [7, 11) is 0. The Morgan fingerprint density at radius 3 is 2.95 bits per heavy atom. The molecule has 0 radical (unpaired) electrons. The maximum Gasteiger partial charge on any atom is 0.253 e. The molecule has 1 aromatic heterocycles. The smallest absolute Gasteiger partial charge is 0.253 e. The van der Waals surface area contributed by atoms with Crippen molar-refractivity contribution in [3.05, 3.63) is 59.4 Å². The fourth-order valence-electron chi connectivity index (χ4n) is 1.90. The van der Waals surface area contributed by atoms with Crippen molar-refractivity contribution < 1.29 is 4.79 Å². The van der Waals surface area contributed by atoms with Crippen LogP contribution in [0.2, 0.25) is 0 Å². The van der Waals surface area contributed by atoms with Crippen LogP contribution in [-0.4, -0.2) is 17.4 Å². The number of hydrogen-bond acceptors (Lipinski definition) is 3. The number of nitrogens with zero attached hydrogens (tertiary/aromatic N) is 1. The largest absolute Gasteiger partial charge is 0.397 e. The van der Waals surface area contributed by atoms with Gasteiger partial charge < -0.3 is 11.1 Å². The number of nitrogens with two attached hydrogens (primary N) is 1. The van der Waals surface area contributed by atoms with Gasteiger partial charge in [0.1, 0.15) is 0 Å². The van der Waals surface area contributed by atoms with Crippen molar-refractivity contribution in [1.29, 1.82) is 0 Å². The third kappa shape index (κ3) is 3.55. The molecule has 4 heteroatoms. The van der Waals surface area contributed by atoms with Crippen molar-refractivity contribution in [2.75, 3.05) is 12.3 Å². The number of rotatable bonds is 4. The highest BCUT2D eigenvalue weighted by atomic mass is 16.1. The standard InChI is InChI=1S/C15H17N3O/c1-11-3-2-4-12(9-11)5-8-18-15(19)13-6-7-17-10-14(13)16/h2-4,6-7,9-10H,5,8,16H2,1H3,(H,18,19). The number of carbonyl (C=O) groups is 1. The van der Waals surface area contributed by atoms with Crippen molar-refractivity contribution >= 4 is 11.6 Å². The van der Waals surface area contributed by atoms with Crippen molar-refractivity contribution in [3.8, 4) is 0 Å². The second-order valence-electron chi connectivity index (χ2n) is 4.46. The van der Waals surface area contributed by atoms with E-state index in [2.05, 4.69) is 35.4 Å². The molecule has 0 bridgehead atoms. The van der Waals surface area contributed by atoms with E-state index in [0.717, 1.165) is 6.42 Å². The topological polar surface area (TPSA) is 68.0 Å². The lowest BCUT2D eigenvalue weighted by Crippen LogP contribution is -2.26. The highest BCUT2D eigenvalue weighted by Gasteiger charge is 2.08. The molecule has 0 saturated carbocycles. The lowest BCUT2D eigenvalue weighted by atomic mass is 10.1. The Bertz CT molecular complexity index is 581. The van der Waals surface area contributed by atoms with E-state index in [1.165, 1.54) is 17.3 Å². The SMILES string of the molecule is Cc1cccc(CCNC(=O)c2ccncc2N)c1. The maximum absolute atomic E-state index is 11.9. The molecule has 4 nitrogen and oxygen atoms in total. The Kier molecular flexibility index (Phi) is 4.13. The number of aromatic nitrogens is 1. The molecular formula is C15H17N3O. The van der Waals surface area contributed by atoms with Gasteiger partial charge in [0.05, 0.1) is 17.4 Å². The summed E-state index contributed by atoms with van der Waals surface area (Å²) in [4.78, 5) is 15.8. The van der Waals surface area contributed by atoms with E-state index in [4.69, 9.17) is 5.73 Å². The van der Waals surface area contributed by atoms with E-state index in [1.807, 2.05) is 6.07 Å². The third-order valence-corrected chi connectivity index (χ3v) is 2.88. The van der Waals surface area contributed by atoms with Gasteiger partial charge in [-0.15, -0.1) is 0 Å². The van der Waals surface area contributed by atoms with Crippen LogP contribution in [0.4, 0.5) is 5.69 Å². The van der Waals surface area contributed by atoms with E-state index in [0.29, 0.717) is 17.8 Å². The van der Waals surface area contributed by atoms with Gasteiger partial charge in [-0.05, 0) is 25.0 Å². The summed E-state index contributed by atoms with van der Waals surface area (Å²) in [6, 6.07) is 9.87. The first kappa shape index (κ1) is 13.1. The molecule has 0 atom stereocenters.